The van der Waals surface area contributed by atoms with Crippen molar-refractivity contribution in [2.45, 2.75) is 38.1 Å². The molecular formula is C16H19BrN4OS. The lowest BCUT2D eigenvalue weighted by Gasteiger charge is -2.32. The molecule has 3 atom stereocenters. The van der Waals surface area contributed by atoms with Crippen molar-refractivity contribution in [3.05, 3.63) is 39.0 Å². The topological polar surface area (TPSA) is 80.9 Å². The average Bonchev–Trinajstić information content (AvgIpc) is 2.93. The lowest BCUT2D eigenvalue weighted by atomic mass is 9.76. The van der Waals surface area contributed by atoms with Crippen LogP contribution < -0.4 is 11.1 Å². The average molecular weight is 395 g/mol. The van der Waals surface area contributed by atoms with Crippen LogP contribution in [-0.2, 0) is 0 Å². The minimum Gasteiger partial charge on any atom is -0.328 e. The van der Waals surface area contributed by atoms with Crippen molar-refractivity contribution in [1.29, 1.82) is 0 Å². The zero-order valence-electron chi connectivity index (χ0n) is 12.8. The molecule has 0 unspecified atom stereocenters. The first-order valence-corrected chi connectivity index (χ1v) is 9.32. The van der Waals surface area contributed by atoms with Gasteiger partial charge in [0.25, 0.3) is 5.91 Å². The van der Waals surface area contributed by atoms with E-state index in [2.05, 4.69) is 38.1 Å². The highest BCUT2D eigenvalue weighted by Crippen LogP contribution is 2.38. The molecule has 0 bridgehead atoms. The Morgan fingerprint density at radius 1 is 1.43 bits per heavy atom. The number of nitrogens with zero attached hydrogens (tertiary/aromatic N) is 2. The van der Waals surface area contributed by atoms with Gasteiger partial charge in [-0.05, 0) is 58.7 Å². The second-order valence-corrected chi connectivity index (χ2v) is 8.31. The fourth-order valence-corrected chi connectivity index (χ4v) is 4.31. The van der Waals surface area contributed by atoms with Crippen LogP contribution in [0.5, 0.6) is 0 Å². The normalized spacial score (nSPS) is 24.4. The first kappa shape index (κ1) is 16.5. The van der Waals surface area contributed by atoms with Gasteiger partial charge in [0.1, 0.15) is 5.69 Å². The number of nitrogens with two attached hydrogens (primary N) is 1. The Labute approximate surface area is 147 Å². The maximum absolute atomic E-state index is 12.4. The monoisotopic (exact) mass is 394 g/mol. The molecule has 1 aliphatic rings. The van der Waals surface area contributed by atoms with Gasteiger partial charge in [0.2, 0.25) is 0 Å². The molecule has 0 aliphatic heterocycles. The number of amides is 1. The Balaban J connectivity index is 1.82. The van der Waals surface area contributed by atoms with Gasteiger partial charge in [-0.15, -0.1) is 11.3 Å². The number of halogens is 1. The van der Waals surface area contributed by atoms with Crippen LogP contribution in [0.1, 0.15) is 48.2 Å². The molecule has 0 radical (unpaired) electrons. The molecule has 3 rings (SSSR count). The van der Waals surface area contributed by atoms with Crippen molar-refractivity contribution in [3.63, 3.8) is 0 Å². The molecule has 1 saturated carbocycles. The Kier molecular flexibility index (Phi) is 5.08. The first-order chi connectivity index (χ1) is 11.0. The fraction of sp³-hybridized carbons (Fsp3) is 0.438. The number of rotatable bonds is 3. The second-order valence-electron chi connectivity index (χ2n) is 6.17. The predicted molar refractivity (Wildman–Crippen MR) is 95.7 cm³/mol. The van der Waals surface area contributed by atoms with E-state index >= 15 is 0 Å². The number of carbonyl (C=O) groups is 1. The number of pyridine rings is 1. The zero-order chi connectivity index (χ0) is 16.4. The van der Waals surface area contributed by atoms with Crippen LogP contribution in [-0.4, -0.2) is 21.9 Å². The number of nitrogens with one attached hydrogen (secondary N) is 1. The van der Waals surface area contributed by atoms with Crippen molar-refractivity contribution < 1.29 is 4.79 Å². The van der Waals surface area contributed by atoms with Crippen LogP contribution in [0.15, 0.2) is 27.8 Å². The van der Waals surface area contributed by atoms with E-state index < -0.39 is 0 Å². The van der Waals surface area contributed by atoms with Crippen LogP contribution in [0.4, 0.5) is 5.69 Å². The molecule has 3 N–H and O–H groups in total. The van der Waals surface area contributed by atoms with E-state index in [0.717, 1.165) is 30.5 Å². The zero-order valence-corrected chi connectivity index (χ0v) is 15.2. The largest absolute Gasteiger partial charge is 0.328 e. The molecule has 2 aromatic rings. The van der Waals surface area contributed by atoms with Crippen molar-refractivity contribution in [3.8, 4) is 0 Å². The fourth-order valence-electron chi connectivity index (χ4n) is 3.32. The van der Waals surface area contributed by atoms with Gasteiger partial charge in [-0.25, -0.2) is 4.98 Å². The highest BCUT2D eigenvalue weighted by molar-refractivity contribution is 9.11. The summed E-state index contributed by atoms with van der Waals surface area (Å²) in [5.41, 5.74) is 8.46. The second kappa shape index (κ2) is 7.07. The highest BCUT2D eigenvalue weighted by atomic mass is 79.9. The Hall–Kier alpha value is -1.31. The van der Waals surface area contributed by atoms with Crippen LogP contribution in [0, 0.1) is 5.92 Å². The molecule has 0 aromatic carbocycles. The Bertz CT molecular complexity index is 695. The molecule has 7 heteroatoms. The number of hydrogen-bond acceptors (Lipinski definition) is 5. The quantitative estimate of drug-likeness (QED) is 0.829. The van der Waals surface area contributed by atoms with E-state index in [1.807, 2.05) is 6.07 Å². The highest BCUT2D eigenvalue weighted by Gasteiger charge is 2.27. The van der Waals surface area contributed by atoms with Gasteiger partial charge in [-0.1, -0.05) is 6.92 Å². The summed E-state index contributed by atoms with van der Waals surface area (Å²) in [5.74, 6) is 0.735. The summed E-state index contributed by atoms with van der Waals surface area (Å²) in [5, 5.41) is 4.68. The maximum atomic E-state index is 12.4. The molecule has 2 aromatic heterocycles. The van der Waals surface area contributed by atoms with E-state index in [1.54, 1.807) is 17.8 Å². The molecule has 1 amide bonds. The van der Waals surface area contributed by atoms with Crippen molar-refractivity contribution in [1.82, 2.24) is 9.97 Å². The summed E-state index contributed by atoms with van der Waals surface area (Å²) in [6, 6.07) is 2.21. The van der Waals surface area contributed by atoms with Crippen LogP contribution in [0.3, 0.4) is 0 Å². The lowest BCUT2D eigenvalue weighted by Crippen LogP contribution is -2.31. The van der Waals surface area contributed by atoms with Gasteiger partial charge >= 0.3 is 0 Å². The summed E-state index contributed by atoms with van der Waals surface area (Å²) in [6.07, 6.45) is 6.58. The van der Waals surface area contributed by atoms with Crippen LogP contribution in [0.2, 0.25) is 0 Å². The standard InChI is InChI=1S/C16H19BrN4OS/c1-9-4-10(6-11(18)5-9)12-2-3-19-7-13(12)20-15(22)14-8-23-16(17)21-14/h2-3,7-11H,4-6,18H2,1H3,(H,20,22)/t9-,10+,11-/m0/s1. The minimum absolute atomic E-state index is 0.214. The minimum atomic E-state index is -0.214. The van der Waals surface area contributed by atoms with Gasteiger partial charge in [0, 0.05) is 17.6 Å². The Morgan fingerprint density at radius 3 is 2.96 bits per heavy atom. The lowest BCUT2D eigenvalue weighted by molar-refractivity contribution is 0.102. The molecule has 0 saturated heterocycles. The number of carbonyl (C=O) groups excluding carboxylic acids is 1. The Morgan fingerprint density at radius 2 is 2.26 bits per heavy atom. The van der Waals surface area contributed by atoms with Gasteiger partial charge in [0.15, 0.2) is 3.92 Å². The third-order valence-corrected chi connectivity index (χ3v) is 5.60. The molecule has 1 aliphatic carbocycles. The van der Waals surface area contributed by atoms with Crippen molar-refractivity contribution >= 4 is 38.9 Å². The molecule has 5 nitrogen and oxygen atoms in total. The molecular weight excluding hydrogens is 376 g/mol. The third kappa shape index (κ3) is 3.97. The van der Waals surface area contributed by atoms with E-state index in [1.165, 1.54) is 11.3 Å². The van der Waals surface area contributed by atoms with Crippen LogP contribution >= 0.6 is 27.3 Å². The summed E-state index contributed by atoms with van der Waals surface area (Å²) in [4.78, 5) is 20.7. The molecule has 0 spiro atoms. The molecule has 1 fully saturated rings. The maximum Gasteiger partial charge on any atom is 0.275 e. The van der Waals surface area contributed by atoms with Crippen molar-refractivity contribution in [2.24, 2.45) is 11.7 Å². The van der Waals surface area contributed by atoms with Gasteiger partial charge < -0.3 is 11.1 Å². The number of hydrogen-bond donors (Lipinski definition) is 2. The molecule has 2 heterocycles. The van der Waals surface area contributed by atoms with E-state index in [4.69, 9.17) is 5.73 Å². The van der Waals surface area contributed by atoms with Gasteiger partial charge in [-0.3, -0.25) is 9.78 Å². The number of anilines is 1. The summed E-state index contributed by atoms with van der Waals surface area (Å²) >= 11 is 4.67. The first-order valence-electron chi connectivity index (χ1n) is 7.64. The third-order valence-electron chi connectivity index (χ3n) is 4.23. The number of aromatic nitrogens is 2. The summed E-state index contributed by atoms with van der Waals surface area (Å²) in [6.45, 7) is 2.23. The van der Waals surface area contributed by atoms with E-state index in [-0.39, 0.29) is 11.9 Å². The van der Waals surface area contributed by atoms with Gasteiger partial charge in [0.05, 0.1) is 11.9 Å². The van der Waals surface area contributed by atoms with Gasteiger partial charge in [-0.2, -0.15) is 0 Å². The summed E-state index contributed by atoms with van der Waals surface area (Å²) < 4.78 is 0.695. The molecule has 23 heavy (non-hydrogen) atoms. The van der Waals surface area contributed by atoms with E-state index in [9.17, 15) is 4.79 Å². The van der Waals surface area contributed by atoms with Crippen molar-refractivity contribution in [2.75, 3.05) is 5.32 Å². The SMILES string of the molecule is C[C@@H]1C[C@H](N)C[C@H](c2ccncc2NC(=O)c2csc(Br)n2)C1. The predicted octanol–water partition coefficient (Wildman–Crippen LogP) is 3.78. The smallest absolute Gasteiger partial charge is 0.275 e. The molecule has 122 valence electrons. The summed E-state index contributed by atoms with van der Waals surface area (Å²) in [7, 11) is 0. The van der Waals surface area contributed by atoms with E-state index in [0.29, 0.717) is 21.4 Å². The van der Waals surface area contributed by atoms with Crippen LogP contribution in [0.25, 0.3) is 0 Å². The number of thiazole rings is 1.